The maximum absolute atomic E-state index is 15.7. The molecule has 5 atom stereocenters. The Kier molecular flexibility index (Phi) is 8.84. The average molecular weight is 828 g/mol. The number of hydrogen-bond donors (Lipinski definition) is 2. The highest BCUT2D eigenvalue weighted by atomic mass is 19.2. The molecule has 61 heavy (non-hydrogen) atoms. The second kappa shape index (κ2) is 14.4. The molecule has 11 rings (SSSR count). The standard InChI is InChI=1S/C47H33F4N3O7/c48-29-16-27-33(18-31(29)50)52-39-35(27)37-38(45(56)53-44(37)55)36-28-17-30(49)32(51)19-34(28)54(40(36)39)46-42(58-21-25-12-6-2-7-13-25)41(57-20-24-10-4-1-5-11-24)43(47(61-46)23-60-47)59-22-26-14-8-3-9-15-26/h1-19,41-43,46,52H,20-23H2,(H,53,55,56). The summed E-state index contributed by atoms with van der Waals surface area (Å²) in [5.74, 6) is -7.81. The molecule has 3 aliphatic heterocycles. The lowest BCUT2D eigenvalue weighted by molar-refractivity contribution is -0.313. The van der Waals surface area contributed by atoms with Crippen LogP contribution in [-0.2, 0) is 43.5 Å². The molecule has 306 valence electrons. The summed E-state index contributed by atoms with van der Waals surface area (Å²) in [5.41, 5.74) is 2.71. The predicted molar refractivity (Wildman–Crippen MR) is 214 cm³/mol. The minimum Gasteiger partial charge on any atom is -0.368 e. The number of amides is 2. The quantitative estimate of drug-likeness (QED) is 0.0804. The molecule has 2 saturated heterocycles. The van der Waals surface area contributed by atoms with Crippen LogP contribution in [0.3, 0.4) is 0 Å². The largest absolute Gasteiger partial charge is 0.368 e. The first kappa shape index (κ1) is 37.6. The fraction of sp³-hybridized carbons (Fsp3) is 0.191. The number of H-pyrrole nitrogens is 1. The zero-order valence-electron chi connectivity index (χ0n) is 31.9. The molecule has 8 aromatic rings. The van der Waals surface area contributed by atoms with Gasteiger partial charge in [-0.1, -0.05) is 91.0 Å². The molecule has 0 aliphatic carbocycles. The molecule has 2 fully saturated rings. The number of hydrogen-bond acceptors (Lipinski definition) is 7. The van der Waals surface area contributed by atoms with Crippen LogP contribution in [-0.4, -0.2) is 52.1 Å². The van der Waals surface area contributed by atoms with E-state index in [-0.39, 0.29) is 81.2 Å². The molecule has 14 heteroatoms. The Balaban J connectivity index is 1.18. The first-order chi connectivity index (χ1) is 29.7. The number of fused-ring (bicyclic) bond motifs is 10. The molecule has 2 aromatic heterocycles. The molecule has 0 saturated carbocycles. The minimum atomic E-state index is -1.44. The molecule has 0 radical (unpaired) electrons. The second-order valence-corrected chi connectivity index (χ2v) is 15.4. The summed E-state index contributed by atoms with van der Waals surface area (Å²) in [6, 6.07) is 32.2. The molecule has 1 spiro atoms. The van der Waals surface area contributed by atoms with Crippen LogP contribution in [0.25, 0.3) is 43.6 Å². The van der Waals surface area contributed by atoms with Gasteiger partial charge < -0.3 is 33.2 Å². The highest BCUT2D eigenvalue weighted by Gasteiger charge is 2.66. The average Bonchev–Trinajstić information content (AvgIpc) is 3.71. The van der Waals surface area contributed by atoms with E-state index < -0.39 is 65.4 Å². The van der Waals surface area contributed by atoms with E-state index >= 15 is 13.2 Å². The summed E-state index contributed by atoms with van der Waals surface area (Å²) >= 11 is 0. The lowest BCUT2D eigenvalue weighted by Crippen LogP contribution is -2.60. The Labute approximate surface area is 343 Å². The number of aromatic amines is 1. The van der Waals surface area contributed by atoms with Gasteiger partial charge in [0.2, 0.25) is 5.79 Å². The van der Waals surface area contributed by atoms with Gasteiger partial charge in [0.1, 0.15) is 24.9 Å². The summed E-state index contributed by atoms with van der Waals surface area (Å²) in [7, 11) is 0. The van der Waals surface area contributed by atoms with Crippen molar-refractivity contribution in [2.45, 2.75) is 50.1 Å². The van der Waals surface area contributed by atoms with Crippen LogP contribution in [0.15, 0.2) is 115 Å². The van der Waals surface area contributed by atoms with E-state index in [0.717, 1.165) is 41.0 Å². The van der Waals surface area contributed by atoms with Gasteiger partial charge in [-0.3, -0.25) is 14.9 Å². The molecular formula is C47H33F4N3O7. The maximum atomic E-state index is 15.7. The van der Waals surface area contributed by atoms with E-state index in [1.165, 1.54) is 0 Å². The Morgan fingerprint density at radius 1 is 0.639 bits per heavy atom. The number of halogens is 4. The monoisotopic (exact) mass is 827 g/mol. The molecular weight excluding hydrogens is 795 g/mol. The number of ether oxygens (including phenoxy) is 5. The zero-order valence-corrected chi connectivity index (χ0v) is 31.9. The van der Waals surface area contributed by atoms with Crippen molar-refractivity contribution in [2.75, 3.05) is 6.61 Å². The van der Waals surface area contributed by atoms with Gasteiger partial charge in [0, 0.05) is 39.2 Å². The Bertz CT molecular complexity index is 3060. The summed E-state index contributed by atoms with van der Waals surface area (Å²) in [6.07, 6.45) is -4.27. The molecule has 2 N–H and O–H groups in total. The van der Waals surface area contributed by atoms with Crippen molar-refractivity contribution in [1.29, 1.82) is 0 Å². The van der Waals surface area contributed by atoms with Crippen molar-refractivity contribution in [3.05, 3.63) is 166 Å². The number of epoxide rings is 1. The van der Waals surface area contributed by atoms with E-state index in [4.69, 9.17) is 23.7 Å². The molecule has 2 amide bonds. The SMILES string of the molecule is O=C1NC(=O)c2c1c1c3cc(F)c(F)cc3[nH]c1c1c2c2cc(F)c(F)cc2n1C1OC2(CO2)C(OCc2ccccc2)C(OCc2ccccc2)C1OCc1ccccc1. The topological polar surface area (TPSA) is 116 Å². The van der Waals surface area contributed by atoms with Gasteiger partial charge in [0.05, 0.1) is 47.5 Å². The van der Waals surface area contributed by atoms with Crippen molar-refractivity contribution in [3.8, 4) is 0 Å². The Hall–Kier alpha value is -6.42. The molecule has 5 heterocycles. The summed E-state index contributed by atoms with van der Waals surface area (Å²) in [6.45, 7) is 0.366. The van der Waals surface area contributed by atoms with Gasteiger partial charge in [0.15, 0.2) is 29.5 Å². The molecule has 3 aliphatic rings. The van der Waals surface area contributed by atoms with E-state index in [2.05, 4.69) is 10.3 Å². The van der Waals surface area contributed by atoms with Crippen molar-refractivity contribution < 1.29 is 50.8 Å². The van der Waals surface area contributed by atoms with Gasteiger partial charge >= 0.3 is 0 Å². The number of carbonyl (C=O) groups is 2. The summed E-state index contributed by atoms with van der Waals surface area (Å²) < 4.78 is 96.2. The van der Waals surface area contributed by atoms with Crippen molar-refractivity contribution in [3.63, 3.8) is 0 Å². The second-order valence-electron chi connectivity index (χ2n) is 15.4. The lowest BCUT2D eigenvalue weighted by Gasteiger charge is -2.46. The fourth-order valence-electron chi connectivity index (χ4n) is 8.93. The highest BCUT2D eigenvalue weighted by molar-refractivity contribution is 6.39. The highest BCUT2D eigenvalue weighted by Crippen LogP contribution is 2.52. The van der Waals surface area contributed by atoms with Crippen molar-refractivity contribution in [1.82, 2.24) is 14.9 Å². The number of aromatic nitrogens is 2. The smallest absolute Gasteiger partial charge is 0.259 e. The normalized spacial score (nSPS) is 22.2. The van der Waals surface area contributed by atoms with Crippen LogP contribution < -0.4 is 5.32 Å². The van der Waals surface area contributed by atoms with E-state index in [0.29, 0.717) is 0 Å². The Morgan fingerprint density at radius 2 is 1.15 bits per heavy atom. The molecule has 6 aromatic carbocycles. The number of nitrogens with one attached hydrogen (secondary N) is 2. The first-order valence-corrected chi connectivity index (χ1v) is 19.6. The van der Waals surface area contributed by atoms with Crippen LogP contribution in [0.4, 0.5) is 17.6 Å². The van der Waals surface area contributed by atoms with Crippen molar-refractivity contribution in [2.24, 2.45) is 0 Å². The van der Waals surface area contributed by atoms with Gasteiger partial charge in [-0.15, -0.1) is 0 Å². The van der Waals surface area contributed by atoms with Crippen LogP contribution in [0, 0.1) is 23.3 Å². The molecule has 10 nitrogen and oxygen atoms in total. The summed E-state index contributed by atoms with van der Waals surface area (Å²) in [5, 5.41) is 2.66. The van der Waals surface area contributed by atoms with Gasteiger partial charge in [-0.2, -0.15) is 0 Å². The van der Waals surface area contributed by atoms with Gasteiger partial charge in [0.25, 0.3) is 11.8 Å². The molecule has 5 unspecified atom stereocenters. The third kappa shape index (κ3) is 6.12. The number of imide groups is 1. The molecule has 0 bridgehead atoms. The maximum Gasteiger partial charge on any atom is 0.259 e. The van der Waals surface area contributed by atoms with E-state index in [1.807, 2.05) is 91.0 Å². The fourth-order valence-corrected chi connectivity index (χ4v) is 8.93. The van der Waals surface area contributed by atoms with Crippen LogP contribution in [0.1, 0.15) is 43.6 Å². The van der Waals surface area contributed by atoms with E-state index in [9.17, 15) is 14.0 Å². The van der Waals surface area contributed by atoms with Crippen LogP contribution in [0.2, 0.25) is 0 Å². The van der Waals surface area contributed by atoms with Gasteiger partial charge in [-0.25, -0.2) is 17.6 Å². The summed E-state index contributed by atoms with van der Waals surface area (Å²) in [4.78, 5) is 30.7. The Morgan fingerprint density at radius 3 is 1.74 bits per heavy atom. The predicted octanol–water partition coefficient (Wildman–Crippen LogP) is 8.88. The number of benzene rings is 6. The van der Waals surface area contributed by atoms with Crippen LogP contribution in [0.5, 0.6) is 0 Å². The first-order valence-electron chi connectivity index (χ1n) is 19.6. The van der Waals surface area contributed by atoms with E-state index in [1.54, 1.807) is 4.57 Å². The lowest BCUT2D eigenvalue weighted by atomic mass is 9.95. The zero-order chi connectivity index (χ0) is 41.6. The minimum absolute atomic E-state index is 0.0443. The number of rotatable bonds is 10. The van der Waals surface area contributed by atoms with Crippen LogP contribution >= 0.6 is 0 Å². The number of carbonyl (C=O) groups excluding carboxylic acids is 2. The van der Waals surface area contributed by atoms with Gasteiger partial charge in [-0.05, 0) is 28.8 Å². The van der Waals surface area contributed by atoms with Crippen molar-refractivity contribution >= 4 is 55.4 Å². The number of nitrogens with zero attached hydrogens (tertiary/aromatic N) is 1. The third-order valence-corrected chi connectivity index (χ3v) is 11.7. The third-order valence-electron chi connectivity index (χ3n) is 11.7.